The van der Waals surface area contributed by atoms with Crippen LogP contribution in [0.15, 0.2) is 24.3 Å². The number of allylic oxidation sites excluding steroid dienone is 3. The molecule has 0 radical (unpaired) electrons. The molecule has 2 nitrogen and oxygen atoms in total. The van der Waals surface area contributed by atoms with Crippen LogP contribution in [-0.4, -0.2) is 12.6 Å². The Morgan fingerprint density at radius 1 is 1.44 bits per heavy atom. The Morgan fingerprint density at radius 2 is 2.06 bits per heavy atom. The van der Waals surface area contributed by atoms with Crippen molar-refractivity contribution in [3.63, 3.8) is 0 Å². The number of carbonyl (C=O) groups excluding carboxylic acids is 1. The molecule has 0 saturated carbocycles. The molecule has 0 saturated heterocycles. The molecule has 0 amide bonds. The van der Waals surface area contributed by atoms with Crippen molar-refractivity contribution >= 4 is 5.97 Å². The molecule has 92 valence electrons. The summed E-state index contributed by atoms with van der Waals surface area (Å²) in [5, 5.41) is 0. The average Bonchev–Trinajstić information content (AvgIpc) is 2.17. The zero-order chi connectivity index (χ0) is 12.6. The first-order valence-corrected chi connectivity index (χ1v) is 5.86. The van der Waals surface area contributed by atoms with Crippen LogP contribution < -0.4 is 0 Å². The van der Waals surface area contributed by atoms with Crippen molar-refractivity contribution in [2.45, 2.75) is 47.0 Å². The van der Waals surface area contributed by atoms with Gasteiger partial charge in [0.15, 0.2) is 0 Å². The number of hydrogen-bond donors (Lipinski definition) is 0. The molecule has 16 heavy (non-hydrogen) atoms. The van der Waals surface area contributed by atoms with Crippen molar-refractivity contribution in [2.24, 2.45) is 5.41 Å². The summed E-state index contributed by atoms with van der Waals surface area (Å²) in [4.78, 5) is 11.4. The van der Waals surface area contributed by atoms with Crippen LogP contribution >= 0.6 is 0 Å². The number of ether oxygens (including phenoxy) is 1. The van der Waals surface area contributed by atoms with Crippen LogP contribution in [0.4, 0.5) is 0 Å². The zero-order valence-corrected chi connectivity index (χ0v) is 11.0. The Balaban J connectivity index is 4.25. The van der Waals surface area contributed by atoms with E-state index >= 15 is 0 Å². The van der Waals surface area contributed by atoms with Crippen LogP contribution in [0.25, 0.3) is 0 Å². The summed E-state index contributed by atoms with van der Waals surface area (Å²) in [6, 6.07) is 0. The SMILES string of the molecule is C=CC(C)(CCC=C(C)C)CC(=O)OCC. The molecule has 0 aromatic rings. The minimum absolute atomic E-state index is 0.137. The molecule has 1 atom stereocenters. The minimum Gasteiger partial charge on any atom is -0.466 e. The molecular formula is C14H24O2. The third-order valence-corrected chi connectivity index (χ3v) is 2.61. The highest BCUT2D eigenvalue weighted by atomic mass is 16.5. The van der Waals surface area contributed by atoms with Crippen molar-refractivity contribution in [3.05, 3.63) is 24.3 Å². The Kier molecular flexibility index (Phi) is 6.78. The summed E-state index contributed by atoms with van der Waals surface area (Å²) < 4.78 is 4.96. The van der Waals surface area contributed by atoms with Crippen LogP contribution in [0, 0.1) is 5.41 Å². The highest BCUT2D eigenvalue weighted by Crippen LogP contribution is 2.29. The standard InChI is InChI=1S/C14H24O2/c1-6-14(5,10-8-9-12(3)4)11-13(15)16-7-2/h6,9H,1,7-8,10-11H2,2-5H3. The Morgan fingerprint density at radius 3 is 2.50 bits per heavy atom. The fourth-order valence-electron chi connectivity index (χ4n) is 1.49. The molecule has 0 fully saturated rings. The first kappa shape index (κ1) is 14.9. The van der Waals surface area contributed by atoms with Crippen LogP contribution in [0.2, 0.25) is 0 Å². The van der Waals surface area contributed by atoms with Gasteiger partial charge in [-0.2, -0.15) is 0 Å². The van der Waals surface area contributed by atoms with E-state index in [1.165, 1.54) is 5.57 Å². The van der Waals surface area contributed by atoms with Crippen molar-refractivity contribution in [3.8, 4) is 0 Å². The van der Waals surface area contributed by atoms with E-state index in [1.54, 1.807) is 0 Å². The van der Waals surface area contributed by atoms with Gasteiger partial charge in [0, 0.05) is 0 Å². The smallest absolute Gasteiger partial charge is 0.306 e. The monoisotopic (exact) mass is 224 g/mol. The molecule has 0 bridgehead atoms. The van der Waals surface area contributed by atoms with Gasteiger partial charge in [0.05, 0.1) is 13.0 Å². The number of carbonyl (C=O) groups is 1. The second-order valence-electron chi connectivity index (χ2n) is 4.66. The van der Waals surface area contributed by atoms with Crippen LogP contribution in [0.5, 0.6) is 0 Å². The molecule has 0 aromatic carbocycles. The van der Waals surface area contributed by atoms with Gasteiger partial charge in [-0.25, -0.2) is 0 Å². The second-order valence-corrected chi connectivity index (χ2v) is 4.66. The van der Waals surface area contributed by atoms with E-state index in [0.29, 0.717) is 13.0 Å². The van der Waals surface area contributed by atoms with E-state index in [-0.39, 0.29) is 11.4 Å². The van der Waals surface area contributed by atoms with E-state index in [9.17, 15) is 4.79 Å². The second kappa shape index (κ2) is 7.26. The largest absolute Gasteiger partial charge is 0.466 e. The van der Waals surface area contributed by atoms with Crippen molar-refractivity contribution in [1.82, 2.24) is 0 Å². The minimum atomic E-state index is -0.155. The fraction of sp³-hybridized carbons (Fsp3) is 0.643. The van der Waals surface area contributed by atoms with Gasteiger partial charge in [0.1, 0.15) is 0 Å². The first-order chi connectivity index (χ1) is 7.43. The van der Waals surface area contributed by atoms with E-state index in [0.717, 1.165) is 12.8 Å². The highest BCUT2D eigenvalue weighted by molar-refractivity contribution is 5.70. The van der Waals surface area contributed by atoms with Gasteiger partial charge < -0.3 is 4.74 Å². The summed E-state index contributed by atoms with van der Waals surface area (Å²) in [7, 11) is 0. The Labute approximate surface area is 99.4 Å². The molecular weight excluding hydrogens is 200 g/mol. The fourth-order valence-corrected chi connectivity index (χ4v) is 1.49. The van der Waals surface area contributed by atoms with Gasteiger partial charge in [-0.3, -0.25) is 4.79 Å². The molecule has 2 heteroatoms. The van der Waals surface area contributed by atoms with E-state index in [2.05, 4.69) is 33.4 Å². The molecule has 0 rings (SSSR count). The summed E-state index contributed by atoms with van der Waals surface area (Å²) in [6.07, 6.45) is 6.38. The van der Waals surface area contributed by atoms with Crippen LogP contribution in [-0.2, 0) is 9.53 Å². The molecule has 0 aromatic heterocycles. The number of rotatable bonds is 7. The maximum atomic E-state index is 11.4. The van der Waals surface area contributed by atoms with Crippen LogP contribution in [0.3, 0.4) is 0 Å². The van der Waals surface area contributed by atoms with Crippen molar-refractivity contribution in [1.29, 1.82) is 0 Å². The zero-order valence-electron chi connectivity index (χ0n) is 11.0. The lowest BCUT2D eigenvalue weighted by atomic mass is 9.82. The quantitative estimate of drug-likeness (QED) is 0.484. The van der Waals surface area contributed by atoms with Crippen molar-refractivity contribution < 1.29 is 9.53 Å². The predicted octanol–water partition coefficient (Wildman–Crippen LogP) is 3.88. The van der Waals surface area contributed by atoms with Gasteiger partial charge in [0.2, 0.25) is 0 Å². The molecule has 0 aliphatic heterocycles. The third kappa shape index (κ3) is 6.44. The van der Waals surface area contributed by atoms with E-state index < -0.39 is 0 Å². The van der Waals surface area contributed by atoms with E-state index in [1.807, 2.05) is 13.0 Å². The van der Waals surface area contributed by atoms with Crippen molar-refractivity contribution in [2.75, 3.05) is 6.61 Å². The molecule has 0 heterocycles. The summed E-state index contributed by atoms with van der Waals surface area (Å²) >= 11 is 0. The first-order valence-electron chi connectivity index (χ1n) is 5.86. The van der Waals surface area contributed by atoms with Gasteiger partial charge in [-0.05, 0) is 39.0 Å². The molecule has 0 aliphatic carbocycles. The average molecular weight is 224 g/mol. The predicted molar refractivity (Wildman–Crippen MR) is 68.2 cm³/mol. The third-order valence-electron chi connectivity index (χ3n) is 2.61. The number of esters is 1. The van der Waals surface area contributed by atoms with Gasteiger partial charge in [-0.1, -0.05) is 24.6 Å². The van der Waals surface area contributed by atoms with Crippen LogP contribution in [0.1, 0.15) is 47.0 Å². The maximum Gasteiger partial charge on any atom is 0.306 e. The lowest BCUT2D eigenvalue weighted by molar-refractivity contribution is -0.145. The van der Waals surface area contributed by atoms with E-state index in [4.69, 9.17) is 4.74 Å². The molecule has 0 N–H and O–H groups in total. The summed E-state index contributed by atoms with van der Waals surface area (Å²) in [5.74, 6) is -0.137. The van der Waals surface area contributed by atoms with Gasteiger partial charge in [0.25, 0.3) is 0 Å². The molecule has 1 unspecified atom stereocenters. The Bertz CT molecular complexity index is 262. The molecule has 0 spiro atoms. The number of hydrogen-bond acceptors (Lipinski definition) is 2. The lowest BCUT2D eigenvalue weighted by Gasteiger charge is -2.23. The highest BCUT2D eigenvalue weighted by Gasteiger charge is 2.23. The summed E-state index contributed by atoms with van der Waals surface area (Å²) in [5.41, 5.74) is 1.15. The summed E-state index contributed by atoms with van der Waals surface area (Å²) in [6.45, 7) is 12.3. The maximum absolute atomic E-state index is 11.4. The van der Waals surface area contributed by atoms with Gasteiger partial charge in [-0.15, -0.1) is 6.58 Å². The normalized spacial score (nSPS) is 13.8. The topological polar surface area (TPSA) is 26.3 Å². The van der Waals surface area contributed by atoms with Gasteiger partial charge >= 0.3 is 5.97 Å². The molecule has 0 aliphatic rings. The lowest BCUT2D eigenvalue weighted by Crippen LogP contribution is -2.19. The Hall–Kier alpha value is -1.05.